The third kappa shape index (κ3) is 3.61. The van der Waals surface area contributed by atoms with Crippen molar-refractivity contribution in [3.63, 3.8) is 0 Å². The molecule has 0 aliphatic carbocycles. The zero-order valence-corrected chi connectivity index (χ0v) is 12.7. The predicted molar refractivity (Wildman–Crippen MR) is 85.6 cm³/mol. The maximum Gasteiger partial charge on any atom is 0.142 e. The lowest BCUT2D eigenvalue weighted by Gasteiger charge is -2.08. The summed E-state index contributed by atoms with van der Waals surface area (Å²) in [5.41, 5.74) is 8.96. The van der Waals surface area contributed by atoms with Gasteiger partial charge in [0.1, 0.15) is 12.4 Å². The Labute approximate surface area is 124 Å². The Bertz CT molecular complexity index is 590. The molecule has 0 radical (unpaired) electrons. The van der Waals surface area contributed by atoms with E-state index in [4.69, 9.17) is 10.5 Å². The van der Waals surface area contributed by atoms with Crippen LogP contribution in [0.15, 0.2) is 36.2 Å². The molecule has 106 valence electrons. The largest absolute Gasteiger partial charge is 0.487 e. The summed E-state index contributed by atoms with van der Waals surface area (Å²) in [4.78, 5) is 4.64. The number of thiazole rings is 1. The van der Waals surface area contributed by atoms with Crippen LogP contribution >= 0.6 is 11.3 Å². The van der Waals surface area contributed by atoms with Crippen molar-refractivity contribution in [2.75, 3.05) is 12.3 Å². The number of aromatic nitrogens is 1. The number of hydrogen-bond acceptors (Lipinski definition) is 4. The summed E-state index contributed by atoms with van der Waals surface area (Å²) >= 11 is 1.70. The molecule has 1 aromatic carbocycles. The summed E-state index contributed by atoms with van der Waals surface area (Å²) in [6.45, 7) is 8.40. The number of ether oxygens (including phenoxy) is 1. The van der Waals surface area contributed by atoms with E-state index >= 15 is 0 Å². The summed E-state index contributed by atoms with van der Waals surface area (Å²) in [5.74, 6) is 1.18. The fraction of sp³-hybridized carbons (Fsp3) is 0.312. The Balaban J connectivity index is 2.09. The zero-order valence-electron chi connectivity index (χ0n) is 11.9. The first-order chi connectivity index (χ1) is 9.60. The normalized spacial score (nSPS) is 10.8. The quantitative estimate of drug-likeness (QED) is 0.645. The first-order valence-corrected chi connectivity index (χ1v) is 7.54. The lowest BCUT2D eigenvalue weighted by Crippen LogP contribution is -1.99. The molecule has 0 amide bonds. The van der Waals surface area contributed by atoms with Crippen LogP contribution in [0.1, 0.15) is 36.0 Å². The molecule has 1 heterocycles. The van der Waals surface area contributed by atoms with Gasteiger partial charge in [-0.1, -0.05) is 32.6 Å². The van der Waals surface area contributed by atoms with Crippen molar-refractivity contribution >= 4 is 17.0 Å². The van der Waals surface area contributed by atoms with Gasteiger partial charge < -0.3 is 10.5 Å². The Kier molecular flexibility index (Phi) is 4.79. The topological polar surface area (TPSA) is 48.1 Å². The molecule has 0 bridgehead atoms. The van der Waals surface area contributed by atoms with Crippen molar-refractivity contribution in [2.24, 2.45) is 0 Å². The van der Waals surface area contributed by atoms with Crippen LogP contribution in [0.4, 0.5) is 5.69 Å². The van der Waals surface area contributed by atoms with Crippen LogP contribution in [-0.2, 0) is 6.42 Å². The van der Waals surface area contributed by atoms with E-state index in [1.807, 2.05) is 18.2 Å². The Morgan fingerprint density at radius 1 is 1.45 bits per heavy atom. The highest BCUT2D eigenvalue weighted by atomic mass is 32.1. The van der Waals surface area contributed by atoms with Gasteiger partial charge in [-0.2, -0.15) is 0 Å². The zero-order chi connectivity index (χ0) is 14.5. The number of nitrogens with two attached hydrogens (primary N) is 1. The molecule has 0 aliphatic heterocycles. The fourth-order valence-corrected chi connectivity index (χ4v) is 2.82. The van der Waals surface area contributed by atoms with Crippen LogP contribution in [0, 0.1) is 0 Å². The van der Waals surface area contributed by atoms with Crippen LogP contribution in [0.25, 0.3) is 0 Å². The lowest BCUT2D eigenvalue weighted by molar-refractivity contribution is 0.365. The van der Waals surface area contributed by atoms with E-state index in [2.05, 4.69) is 30.8 Å². The van der Waals surface area contributed by atoms with Gasteiger partial charge in [0.25, 0.3) is 0 Å². The van der Waals surface area contributed by atoms with Crippen LogP contribution in [-0.4, -0.2) is 11.6 Å². The highest BCUT2D eigenvalue weighted by molar-refractivity contribution is 7.09. The van der Waals surface area contributed by atoms with Crippen LogP contribution in [0.5, 0.6) is 5.75 Å². The molecule has 1 aromatic heterocycles. The molecule has 0 saturated heterocycles. The monoisotopic (exact) mass is 288 g/mol. The summed E-state index contributed by atoms with van der Waals surface area (Å²) in [6.07, 6.45) is 2.51. The van der Waals surface area contributed by atoms with Crippen LogP contribution in [0.2, 0.25) is 0 Å². The third-order valence-electron chi connectivity index (χ3n) is 2.95. The van der Waals surface area contributed by atoms with Gasteiger partial charge in [-0.25, -0.2) is 4.98 Å². The van der Waals surface area contributed by atoms with Gasteiger partial charge in [0.05, 0.1) is 16.4 Å². The molecule has 0 saturated carbocycles. The number of rotatable bonds is 6. The third-order valence-corrected chi connectivity index (χ3v) is 3.81. The predicted octanol–water partition coefficient (Wildman–Crippen LogP) is 4.00. The molecular weight excluding hydrogens is 268 g/mol. The number of nitrogens with zero attached hydrogens (tertiary/aromatic N) is 1. The lowest BCUT2D eigenvalue weighted by atomic mass is 10.1. The van der Waals surface area contributed by atoms with Crippen molar-refractivity contribution in [3.8, 4) is 5.75 Å². The van der Waals surface area contributed by atoms with E-state index in [1.54, 1.807) is 17.4 Å². The molecule has 0 unspecified atom stereocenters. The molecular formula is C16H20N2OS. The van der Waals surface area contributed by atoms with E-state index in [0.29, 0.717) is 24.0 Å². The van der Waals surface area contributed by atoms with Gasteiger partial charge in [0.15, 0.2) is 0 Å². The van der Waals surface area contributed by atoms with E-state index in [1.165, 1.54) is 0 Å². The minimum Gasteiger partial charge on any atom is -0.487 e. The number of benzene rings is 1. The number of nitrogen functional groups attached to an aromatic ring is 1. The second-order valence-electron chi connectivity index (χ2n) is 4.97. The molecule has 0 atom stereocenters. The molecule has 2 aromatic rings. The number of anilines is 1. The van der Waals surface area contributed by atoms with Crippen LogP contribution < -0.4 is 10.5 Å². The SMILES string of the molecule is C=CCOc1ccc(Cc2nc(C(C)C)cs2)cc1N. The average Bonchev–Trinajstić information content (AvgIpc) is 2.86. The average molecular weight is 288 g/mol. The Morgan fingerprint density at radius 2 is 2.25 bits per heavy atom. The minimum absolute atomic E-state index is 0.466. The molecule has 20 heavy (non-hydrogen) atoms. The van der Waals surface area contributed by atoms with Crippen molar-refractivity contribution in [3.05, 3.63) is 52.5 Å². The van der Waals surface area contributed by atoms with Gasteiger partial charge in [-0.05, 0) is 23.6 Å². The smallest absolute Gasteiger partial charge is 0.142 e. The highest BCUT2D eigenvalue weighted by Crippen LogP contribution is 2.25. The first-order valence-electron chi connectivity index (χ1n) is 6.66. The van der Waals surface area contributed by atoms with Crippen LogP contribution in [0.3, 0.4) is 0 Å². The summed E-state index contributed by atoms with van der Waals surface area (Å²) in [6, 6.07) is 5.89. The van der Waals surface area contributed by atoms with E-state index in [9.17, 15) is 0 Å². The maximum absolute atomic E-state index is 5.99. The van der Waals surface area contributed by atoms with Crippen molar-refractivity contribution in [1.82, 2.24) is 4.98 Å². The number of hydrogen-bond donors (Lipinski definition) is 1. The van der Waals surface area contributed by atoms with Gasteiger partial charge in [0, 0.05) is 11.8 Å². The minimum atomic E-state index is 0.466. The van der Waals surface area contributed by atoms with E-state index in [0.717, 1.165) is 22.7 Å². The molecule has 0 spiro atoms. The second kappa shape index (κ2) is 6.57. The fourth-order valence-electron chi connectivity index (χ4n) is 1.83. The summed E-state index contributed by atoms with van der Waals surface area (Å²) < 4.78 is 5.47. The van der Waals surface area contributed by atoms with Crippen molar-refractivity contribution in [2.45, 2.75) is 26.2 Å². The molecule has 3 nitrogen and oxygen atoms in total. The molecule has 0 fully saturated rings. The van der Waals surface area contributed by atoms with E-state index in [-0.39, 0.29) is 0 Å². The molecule has 2 N–H and O–H groups in total. The van der Waals surface area contributed by atoms with Gasteiger partial charge in [-0.15, -0.1) is 11.3 Å². The van der Waals surface area contributed by atoms with Crippen molar-refractivity contribution < 1.29 is 4.74 Å². The van der Waals surface area contributed by atoms with Gasteiger partial charge in [0.2, 0.25) is 0 Å². The molecule has 2 rings (SSSR count). The summed E-state index contributed by atoms with van der Waals surface area (Å²) in [7, 11) is 0. The first kappa shape index (κ1) is 14.6. The van der Waals surface area contributed by atoms with Gasteiger partial charge in [-0.3, -0.25) is 0 Å². The second-order valence-corrected chi connectivity index (χ2v) is 5.91. The maximum atomic E-state index is 5.99. The Morgan fingerprint density at radius 3 is 2.85 bits per heavy atom. The Hall–Kier alpha value is -1.81. The summed E-state index contributed by atoms with van der Waals surface area (Å²) in [5, 5.41) is 3.25. The van der Waals surface area contributed by atoms with E-state index < -0.39 is 0 Å². The highest BCUT2D eigenvalue weighted by Gasteiger charge is 2.08. The molecule has 4 heteroatoms. The van der Waals surface area contributed by atoms with Crippen molar-refractivity contribution in [1.29, 1.82) is 0 Å². The standard InChI is InChI=1S/C16H20N2OS/c1-4-7-19-15-6-5-12(8-13(15)17)9-16-18-14(10-20-16)11(2)3/h4-6,8,10-11H,1,7,9,17H2,2-3H3. The van der Waals surface area contributed by atoms with Gasteiger partial charge >= 0.3 is 0 Å². The molecule has 0 aliphatic rings.